The summed E-state index contributed by atoms with van der Waals surface area (Å²) in [7, 11) is 0. The van der Waals surface area contributed by atoms with Crippen molar-refractivity contribution < 1.29 is 0 Å². The monoisotopic (exact) mass is 289 g/mol. The van der Waals surface area contributed by atoms with E-state index in [1.54, 1.807) is 0 Å². The first kappa shape index (κ1) is 13.0. The van der Waals surface area contributed by atoms with Crippen LogP contribution in [-0.2, 0) is 6.42 Å². The van der Waals surface area contributed by atoms with Crippen molar-refractivity contribution in [2.24, 2.45) is 5.73 Å². The normalized spacial score (nSPS) is 19.2. The minimum atomic E-state index is 0.164. The summed E-state index contributed by atoms with van der Waals surface area (Å²) in [5, 5.41) is 0.777. The van der Waals surface area contributed by atoms with Crippen molar-refractivity contribution in [3.63, 3.8) is 0 Å². The topological polar surface area (TPSA) is 26.0 Å². The van der Waals surface area contributed by atoms with Crippen LogP contribution in [0.2, 0.25) is 5.02 Å². The van der Waals surface area contributed by atoms with Crippen LogP contribution >= 0.6 is 23.4 Å². The minimum absolute atomic E-state index is 0.164. The highest BCUT2D eigenvalue weighted by Gasteiger charge is 2.27. The maximum Gasteiger partial charge on any atom is 0.0406 e. The van der Waals surface area contributed by atoms with Crippen molar-refractivity contribution in [1.82, 2.24) is 0 Å². The molecule has 0 radical (unpaired) electrons. The van der Waals surface area contributed by atoms with E-state index in [0.717, 1.165) is 17.2 Å². The molecular weight excluding hydrogens is 274 g/mol. The zero-order chi connectivity index (χ0) is 13.2. The molecule has 1 nitrogen and oxygen atoms in total. The molecule has 2 unspecified atom stereocenters. The van der Waals surface area contributed by atoms with Crippen molar-refractivity contribution >= 4 is 23.4 Å². The highest BCUT2D eigenvalue weighted by molar-refractivity contribution is 7.99. The molecule has 0 fully saturated rings. The molecule has 98 valence electrons. The van der Waals surface area contributed by atoms with Gasteiger partial charge in [0.1, 0.15) is 0 Å². The molecule has 3 rings (SSSR count). The van der Waals surface area contributed by atoms with Crippen LogP contribution < -0.4 is 5.73 Å². The predicted octanol–water partition coefficient (Wildman–Crippen LogP) is 4.10. The third kappa shape index (κ3) is 2.81. The molecule has 0 aromatic heterocycles. The molecule has 19 heavy (non-hydrogen) atoms. The zero-order valence-electron chi connectivity index (χ0n) is 10.6. The molecule has 0 bridgehead atoms. The fraction of sp³-hybridized carbons (Fsp3) is 0.250. The highest BCUT2D eigenvalue weighted by Crippen LogP contribution is 2.41. The molecule has 0 saturated heterocycles. The van der Waals surface area contributed by atoms with E-state index in [0.29, 0.717) is 5.92 Å². The molecule has 2 aromatic carbocycles. The summed E-state index contributed by atoms with van der Waals surface area (Å²) in [5.41, 5.74) is 9.08. The van der Waals surface area contributed by atoms with Crippen LogP contribution in [0, 0.1) is 0 Å². The molecule has 3 heteroatoms. The Labute approximate surface area is 123 Å². The Hall–Kier alpha value is -0.960. The third-order valence-electron chi connectivity index (χ3n) is 3.64. The second-order valence-corrected chi connectivity index (χ2v) is 6.45. The number of hydrogen-bond donors (Lipinski definition) is 1. The second-order valence-electron chi connectivity index (χ2n) is 4.95. The van der Waals surface area contributed by atoms with E-state index >= 15 is 0 Å². The van der Waals surface area contributed by atoms with E-state index in [1.165, 1.54) is 16.0 Å². The van der Waals surface area contributed by atoms with E-state index in [4.69, 9.17) is 17.3 Å². The number of hydrogen-bond acceptors (Lipinski definition) is 2. The van der Waals surface area contributed by atoms with Gasteiger partial charge in [-0.1, -0.05) is 41.9 Å². The summed E-state index contributed by atoms with van der Waals surface area (Å²) < 4.78 is 0. The van der Waals surface area contributed by atoms with Gasteiger partial charge in [-0.2, -0.15) is 0 Å². The Morgan fingerprint density at radius 2 is 1.89 bits per heavy atom. The quantitative estimate of drug-likeness (QED) is 0.921. The van der Waals surface area contributed by atoms with Gasteiger partial charge in [-0.05, 0) is 35.7 Å². The maximum atomic E-state index is 6.42. The van der Waals surface area contributed by atoms with Gasteiger partial charge in [0.05, 0.1) is 0 Å². The average molecular weight is 290 g/mol. The number of nitrogens with two attached hydrogens (primary N) is 1. The van der Waals surface area contributed by atoms with Gasteiger partial charge in [-0.15, -0.1) is 11.8 Å². The predicted molar refractivity (Wildman–Crippen MR) is 83.0 cm³/mol. The van der Waals surface area contributed by atoms with Crippen molar-refractivity contribution in [2.45, 2.75) is 23.3 Å². The smallest absolute Gasteiger partial charge is 0.0406 e. The SMILES string of the molecule is NC(Cc1ccc(Cl)cc1)C1CSc2ccccc21. The van der Waals surface area contributed by atoms with Gasteiger partial charge < -0.3 is 5.73 Å². The first-order valence-corrected chi connectivity index (χ1v) is 7.82. The molecule has 1 heterocycles. The van der Waals surface area contributed by atoms with Gasteiger partial charge in [-0.25, -0.2) is 0 Å². The van der Waals surface area contributed by atoms with E-state index < -0.39 is 0 Å². The van der Waals surface area contributed by atoms with Crippen molar-refractivity contribution in [2.75, 3.05) is 5.75 Å². The van der Waals surface area contributed by atoms with E-state index in [1.807, 2.05) is 23.9 Å². The first-order chi connectivity index (χ1) is 9.24. The fourth-order valence-corrected chi connectivity index (χ4v) is 4.05. The summed E-state index contributed by atoms with van der Waals surface area (Å²) >= 11 is 7.82. The maximum absolute atomic E-state index is 6.42. The lowest BCUT2D eigenvalue weighted by Crippen LogP contribution is -2.30. The average Bonchev–Trinajstić information content (AvgIpc) is 2.85. The molecular formula is C16H16ClNS. The van der Waals surface area contributed by atoms with Gasteiger partial charge in [0.2, 0.25) is 0 Å². The van der Waals surface area contributed by atoms with Crippen LogP contribution in [0.5, 0.6) is 0 Å². The molecule has 2 aromatic rings. The third-order valence-corrected chi connectivity index (χ3v) is 5.10. The van der Waals surface area contributed by atoms with Crippen LogP contribution in [0.1, 0.15) is 17.0 Å². The lowest BCUT2D eigenvalue weighted by atomic mass is 9.90. The Morgan fingerprint density at radius 3 is 2.68 bits per heavy atom. The van der Waals surface area contributed by atoms with Gasteiger partial charge in [0, 0.05) is 27.6 Å². The van der Waals surface area contributed by atoms with Gasteiger partial charge in [0.25, 0.3) is 0 Å². The number of thioether (sulfide) groups is 1. The van der Waals surface area contributed by atoms with E-state index in [2.05, 4.69) is 36.4 Å². The Bertz CT molecular complexity index is 567. The summed E-state index contributed by atoms with van der Waals surface area (Å²) in [4.78, 5) is 1.39. The Kier molecular flexibility index (Phi) is 3.83. The summed E-state index contributed by atoms with van der Waals surface area (Å²) in [6.07, 6.45) is 0.900. The van der Waals surface area contributed by atoms with E-state index in [9.17, 15) is 0 Å². The largest absolute Gasteiger partial charge is 0.327 e. The van der Waals surface area contributed by atoms with Crippen LogP contribution in [0.25, 0.3) is 0 Å². The van der Waals surface area contributed by atoms with Gasteiger partial charge in [0.15, 0.2) is 0 Å². The van der Waals surface area contributed by atoms with Crippen LogP contribution in [0.15, 0.2) is 53.4 Å². The molecule has 0 saturated carbocycles. The van der Waals surface area contributed by atoms with Crippen molar-refractivity contribution in [3.8, 4) is 0 Å². The highest BCUT2D eigenvalue weighted by atomic mass is 35.5. The van der Waals surface area contributed by atoms with E-state index in [-0.39, 0.29) is 6.04 Å². The lowest BCUT2D eigenvalue weighted by Gasteiger charge is -2.19. The fourth-order valence-electron chi connectivity index (χ4n) is 2.58. The first-order valence-electron chi connectivity index (χ1n) is 6.46. The van der Waals surface area contributed by atoms with Crippen LogP contribution in [0.3, 0.4) is 0 Å². The Morgan fingerprint density at radius 1 is 1.16 bits per heavy atom. The summed E-state index contributed by atoms with van der Waals surface area (Å²) in [6, 6.07) is 16.8. The van der Waals surface area contributed by atoms with Crippen LogP contribution in [-0.4, -0.2) is 11.8 Å². The number of benzene rings is 2. The Balaban J connectivity index is 1.75. The number of fused-ring (bicyclic) bond motifs is 1. The minimum Gasteiger partial charge on any atom is -0.327 e. The molecule has 0 amide bonds. The molecule has 1 aliphatic heterocycles. The number of halogens is 1. The molecule has 2 N–H and O–H groups in total. The van der Waals surface area contributed by atoms with Crippen molar-refractivity contribution in [3.05, 3.63) is 64.7 Å². The molecule has 1 aliphatic rings. The zero-order valence-corrected chi connectivity index (χ0v) is 12.1. The summed E-state index contributed by atoms with van der Waals surface area (Å²) in [5.74, 6) is 1.55. The van der Waals surface area contributed by atoms with Crippen LogP contribution in [0.4, 0.5) is 0 Å². The van der Waals surface area contributed by atoms with Gasteiger partial charge >= 0.3 is 0 Å². The van der Waals surface area contributed by atoms with Crippen molar-refractivity contribution in [1.29, 1.82) is 0 Å². The summed E-state index contributed by atoms with van der Waals surface area (Å²) in [6.45, 7) is 0. The molecule has 2 atom stereocenters. The number of rotatable bonds is 3. The standard InChI is InChI=1S/C16H16ClNS/c17-12-7-5-11(6-8-12)9-15(18)14-10-19-16-4-2-1-3-13(14)16/h1-8,14-15H,9-10,18H2. The molecule has 0 spiro atoms. The lowest BCUT2D eigenvalue weighted by molar-refractivity contribution is 0.572. The van der Waals surface area contributed by atoms with Gasteiger partial charge in [-0.3, -0.25) is 0 Å². The molecule has 0 aliphatic carbocycles. The second kappa shape index (κ2) is 5.58.